The lowest BCUT2D eigenvalue weighted by Crippen LogP contribution is -2.32. The van der Waals surface area contributed by atoms with Gasteiger partial charge in [0.1, 0.15) is 11.2 Å². The Morgan fingerprint density at radius 2 is 1.03 bits per heavy atom. The first kappa shape index (κ1) is 36.4. The standard InChI is InChI=1S/C60H35N3OS/c1-2-15-38(16-3-1)59-62-51(35-52(63-59)44-22-14-21-42-41-19-7-12-27-53(41)64-57(42)44)36-29-31-37(32-30-36)56-45-33-34-49-58(55(45)43-20-6-11-26-50(43)61-56)65-54-28-13-10-25-48(54)60(49)46-23-8-4-17-39(46)40-18-5-9-24-47(40)60/h1-35H. The highest BCUT2D eigenvalue weighted by molar-refractivity contribution is 7.99. The second-order valence-corrected chi connectivity index (χ2v) is 18.0. The van der Waals surface area contributed by atoms with Gasteiger partial charge in [-0.1, -0.05) is 194 Å². The fraction of sp³-hybridized carbons (Fsp3) is 0.0167. The average molecular weight is 846 g/mol. The summed E-state index contributed by atoms with van der Waals surface area (Å²) in [5, 5.41) is 5.68. The summed E-state index contributed by atoms with van der Waals surface area (Å²) in [7, 11) is 0. The molecule has 0 N–H and O–H groups in total. The van der Waals surface area contributed by atoms with Crippen LogP contribution in [-0.4, -0.2) is 15.0 Å². The molecular weight excluding hydrogens is 811 g/mol. The van der Waals surface area contributed by atoms with Crippen molar-refractivity contribution in [3.63, 3.8) is 0 Å². The lowest BCUT2D eigenvalue weighted by Gasteiger charge is -2.40. The van der Waals surface area contributed by atoms with Crippen LogP contribution in [0.3, 0.4) is 0 Å². The van der Waals surface area contributed by atoms with Gasteiger partial charge in [-0.3, -0.25) is 0 Å². The largest absolute Gasteiger partial charge is 0.455 e. The molecule has 0 radical (unpaired) electrons. The molecule has 0 fully saturated rings. The van der Waals surface area contributed by atoms with Crippen LogP contribution in [0.1, 0.15) is 22.3 Å². The Morgan fingerprint density at radius 3 is 1.85 bits per heavy atom. The average Bonchev–Trinajstić information content (AvgIpc) is 3.90. The van der Waals surface area contributed by atoms with Crippen molar-refractivity contribution in [1.29, 1.82) is 0 Å². The van der Waals surface area contributed by atoms with Gasteiger partial charge in [0.05, 0.1) is 28.0 Å². The molecule has 0 bridgehead atoms. The van der Waals surface area contributed by atoms with Gasteiger partial charge < -0.3 is 4.42 Å². The molecule has 0 unspecified atom stereocenters. The van der Waals surface area contributed by atoms with Crippen LogP contribution < -0.4 is 0 Å². The van der Waals surface area contributed by atoms with Gasteiger partial charge in [0, 0.05) is 59.0 Å². The number of fused-ring (bicyclic) bond motifs is 16. The summed E-state index contributed by atoms with van der Waals surface area (Å²) in [5.74, 6) is 0.659. The lowest BCUT2D eigenvalue weighted by atomic mass is 9.67. The van der Waals surface area contributed by atoms with E-state index in [9.17, 15) is 0 Å². The number of pyridine rings is 1. The zero-order chi connectivity index (χ0) is 42.6. The van der Waals surface area contributed by atoms with Crippen LogP contribution in [0.25, 0.3) is 99.9 Å². The molecule has 4 nitrogen and oxygen atoms in total. The summed E-state index contributed by atoms with van der Waals surface area (Å²) in [6.45, 7) is 0. The summed E-state index contributed by atoms with van der Waals surface area (Å²) >= 11 is 1.89. The van der Waals surface area contributed by atoms with E-state index in [-0.39, 0.29) is 0 Å². The molecule has 1 aliphatic heterocycles. The Kier molecular flexibility index (Phi) is 7.80. The number of hydrogen-bond donors (Lipinski definition) is 0. The summed E-state index contributed by atoms with van der Waals surface area (Å²) < 4.78 is 6.50. The second kappa shape index (κ2) is 13.9. The zero-order valence-corrected chi connectivity index (χ0v) is 35.7. The molecule has 5 heteroatoms. The molecule has 1 spiro atoms. The number of nitrogens with zero attached hydrogens (tertiary/aromatic N) is 3. The zero-order valence-electron chi connectivity index (χ0n) is 34.9. The van der Waals surface area contributed by atoms with E-state index in [1.807, 2.05) is 42.1 Å². The Labute approximate surface area is 378 Å². The van der Waals surface area contributed by atoms with E-state index < -0.39 is 5.41 Å². The molecule has 9 aromatic carbocycles. The van der Waals surface area contributed by atoms with Crippen molar-refractivity contribution in [1.82, 2.24) is 15.0 Å². The van der Waals surface area contributed by atoms with Gasteiger partial charge in [-0.2, -0.15) is 0 Å². The van der Waals surface area contributed by atoms with Crippen LogP contribution >= 0.6 is 11.8 Å². The van der Waals surface area contributed by atoms with Crippen LogP contribution in [0.5, 0.6) is 0 Å². The predicted octanol–water partition coefficient (Wildman–Crippen LogP) is 15.6. The minimum absolute atomic E-state index is 0.463. The first-order valence-electron chi connectivity index (χ1n) is 22.0. The number of hydrogen-bond acceptors (Lipinski definition) is 5. The predicted molar refractivity (Wildman–Crippen MR) is 265 cm³/mol. The van der Waals surface area contributed by atoms with Gasteiger partial charge in [-0.25, -0.2) is 15.0 Å². The number of rotatable bonds is 4. The van der Waals surface area contributed by atoms with E-state index in [4.69, 9.17) is 19.4 Å². The van der Waals surface area contributed by atoms with E-state index in [2.05, 4.69) is 182 Å². The maximum atomic E-state index is 6.50. The van der Waals surface area contributed by atoms with Crippen LogP contribution in [0.2, 0.25) is 0 Å². The summed E-state index contributed by atoms with van der Waals surface area (Å²) in [5.41, 5.74) is 16.6. The van der Waals surface area contributed by atoms with Crippen LogP contribution in [0, 0.1) is 0 Å². The van der Waals surface area contributed by atoms with E-state index in [0.29, 0.717) is 5.82 Å². The molecule has 2 aliphatic rings. The Bertz CT molecular complexity index is 3880. The summed E-state index contributed by atoms with van der Waals surface area (Å²) in [4.78, 5) is 18.4. The van der Waals surface area contributed by atoms with Crippen molar-refractivity contribution in [2.24, 2.45) is 0 Å². The minimum Gasteiger partial charge on any atom is -0.455 e. The third-order valence-electron chi connectivity index (χ3n) is 13.6. The number of aromatic nitrogens is 3. The SMILES string of the molecule is c1ccc(-c2nc(-c3ccc(-c4nc5ccccc5c5c6c(ccc45)C4(c5ccccc5S6)c5ccccc5-c5ccccc54)cc3)cc(-c3cccc4c3oc3ccccc34)n2)cc1. The van der Waals surface area contributed by atoms with Gasteiger partial charge >= 0.3 is 0 Å². The Hall–Kier alpha value is -8.12. The van der Waals surface area contributed by atoms with Crippen LogP contribution in [0.4, 0.5) is 0 Å². The summed E-state index contributed by atoms with van der Waals surface area (Å²) in [6, 6.07) is 75.9. The molecular formula is C60H35N3OS. The first-order valence-corrected chi connectivity index (χ1v) is 22.8. The van der Waals surface area contributed by atoms with Crippen molar-refractivity contribution < 1.29 is 4.42 Å². The topological polar surface area (TPSA) is 51.8 Å². The molecule has 0 saturated heterocycles. The van der Waals surface area contributed by atoms with E-state index in [0.717, 1.165) is 77.6 Å². The van der Waals surface area contributed by atoms with E-state index in [1.54, 1.807) is 0 Å². The van der Waals surface area contributed by atoms with Crippen molar-refractivity contribution in [3.05, 3.63) is 235 Å². The number of furan rings is 1. The van der Waals surface area contributed by atoms with Crippen molar-refractivity contribution >= 4 is 55.4 Å². The van der Waals surface area contributed by atoms with Gasteiger partial charge in [0.15, 0.2) is 5.82 Å². The van der Waals surface area contributed by atoms with Crippen LogP contribution in [-0.2, 0) is 5.41 Å². The molecule has 0 atom stereocenters. The number of benzene rings is 9. The maximum Gasteiger partial charge on any atom is 0.160 e. The first-order chi connectivity index (χ1) is 32.2. The van der Waals surface area contributed by atoms with Gasteiger partial charge in [0.25, 0.3) is 0 Å². The molecule has 0 saturated carbocycles. The highest BCUT2D eigenvalue weighted by Gasteiger charge is 2.50. The Balaban J connectivity index is 0.955. The molecule has 0 amide bonds. The molecule has 302 valence electrons. The molecule has 65 heavy (non-hydrogen) atoms. The highest BCUT2D eigenvalue weighted by Crippen LogP contribution is 2.63. The monoisotopic (exact) mass is 845 g/mol. The molecule has 1 aliphatic carbocycles. The summed E-state index contributed by atoms with van der Waals surface area (Å²) in [6.07, 6.45) is 0. The fourth-order valence-corrected chi connectivity index (χ4v) is 12.1. The van der Waals surface area contributed by atoms with Gasteiger partial charge in [-0.15, -0.1) is 0 Å². The molecule has 12 aromatic rings. The van der Waals surface area contributed by atoms with Crippen molar-refractivity contribution in [2.75, 3.05) is 0 Å². The van der Waals surface area contributed by atoms with Crippen LogP contribution in [0.15, 0.2) is 227 Å². The van der Waals surface area contributed by atoms with Crippen molar-refractivity contribution in [3.8, 4) is 56.3 Å². The third kappa shape index (κ3) is 5.24. The van der Waals surface area contributed by atoms with E-state index in [1.165, 1.54) is 48.6 Å². The maximum absolute atomic E-state index is 6.50. The Morgan fingerprint density at radius 1 is 0.400 bits per heavy atom. The van der Waals surface area contributed by atoms with Gasteiger partial charge in [-0.05, 0) is 63.7 Å². The normalized spacial score (nSPS) is 13.3. The minimum atomic E-state index is -0.463. The second-order valence-electron chi connectivity index (χ2n) is 17.0. The highest BCUT2D eigenvalue weighted by atomic mass is 32.2. The number of para-hydroxylation sites is 3. The molecule has 3 aromatic heterocycles. The lowest BCUT2D eigenvalue weighted by molar-refractivity contribution is 0.670. The quantitative estimate of drug-likeness (QED) is 0.165. The molecule has 4 heterocycles. The smallest absolute Gasteiger partial charge is 0.160 e. The van der Waals surface area contributed by atoms with E-state index >= 15 is 0 Å². The molecule has 14 rings (SSSR count). The van der Waals surface area contributed by atoms with Crippen molar-refractivity contribution in [2.45, 2.75) is 15.2 Å². The third-order valence-corrected chi connectivity index (χ3v) is 14.8. The van der Waals surface area contributed by atoms with Gasteiger partial charge in [0.2, 0.25) is 0 Å². The fourth-order valence-electron chi connectivity index (χ4n) is 10.8.